The second kappa shape index (κ2) is 7.57. The van der Waals surface area contributed by atoms with E-state index in [1.165, 1.54) is 0 Å². The number of carbonyl (C=O) groups is 1. The summed E-state index contributed by atoms with van der Waals surface area (Å²) in [4.78, 5) is 14.8. The topological polar surface area (TPSA) is 29.5 Å². The molecule has 5 heteroatoms. The number of nitrogens with zero attached hydrogens (tertiary/aromatic N) is 1. The van der Waals surface area contributed by atoms with E-state index < -0.39 is 0 Å². The Labute approximate surface area is 131 Å². The number of likely N-dealkylation sites (N-methyl/N-ethyl adjacent to an activating group) is 1. The van der Waals surface area contributed by atoms with Crippen LogP contribution in [0.2, 0.25) is 0 Å². The van der Waals surface area contributed by atoms with Crippen LogP contribution in [0.3, 0.4) is 0 Å². The van der Waals surface area contributed by atoms with Crippen LogP contribution in [0.5, 0.6) is 0 Å². The van der Waals surface area contributed by atoms with Crippen LogP contribution in [0.4, 0.5) is 0 Å². The van der Waals surface area contributed by atoms with Gasteiger partial charge in [-0.05, 0) is 33.6 Å². The van der Waals surface area contributed by atoms with E-state index in [0.717, 1.165) is 14.2 Å². The van der Waals surface area contributed by atoms with Crippen molar-refractivity contribution < 1.29 is 9.53 Å². The second-order valence-corrected chi connectivity index (χ2v) is 6.98. The molecule has 0 radical (unpaired) electrons. The molecule has 3 nitrogen and oxygen atoms in total. The lowest BCUT2D eigenvalue weighted by Crippen LogP contribution is -2.29. The Balaban J connectivity index is 1.74. The molecule has 0 fully saturated rings. The summed E-state index contributed by atoms with van der Waals surface area (Å²) < 4.78 is 6.53. The minimum Gasteiger partial charge on any atom is -0.367 e. The summed E-state index contributed by atoms with van der Waals surface area (Å²) in [5, 5.41) is 0. The van der Waals surface area contributed by atoms with Gasteiger partial charge in [0.15, 0.2) is 0 Å². The van der Waals surface area contributed by atoms with E-state index in [-0.39, 0.29) is 12.5 Å². The molecule has 0 spiro atoms. The van der Waals surface area contributed by atoms with E-state index in [4.69, 9.17) is 4.74 Å². The first-order chi connectivity index (χ1) is 9.65. The van der Waals surface area contributed by atoms with Gasteiger partial charge in [-0.15, -0.1) is 11.3 Å². The third-order valence-electron chi connectivity index (χ3n) is 2.78. The van der Waals surface area contributed by atoms with Crippen molar-refractivity contribution in [1.82, 2.24) is 4.90 Å². The molecule has 1 aromatic heterocycles. The van der Waals surface area contributed by atoms with Crippen LogP contribution in [0.25, 0.3) is 0 Å². The Bertz CT molecular complexity index is 556. The molecule has 0 unspecified atom stereocenters. The average molecular weight is 354 g/mol. The molecule has 2 aromatic rings. The smallest absolute Gasteiger partial charge is 0.248 e. The minimum absolute atomic E-state index is 0.00884. The molecule has 106 valence electrons. The van der Waals surface area contributed by atoms with Gasteiger partial charge in [0.2, 0.25) is 5.91 Å². The monoisotopic (exact) mass is 353 g/mol. The van der Waals surface area contributed by atoms with Crippen molar-refractivity contribution in [3.8, 4) is 0 Å². The molecule has 0 saturated heterocycles. The maximum Gasteiger partial charge on any atom is 0.248 e. The molecule has 0 aliphatic carbocycles. The Kier molecular flexibility index (Phi) is 5.76. The Hall–Kier alpha value is -1.17. The number of rotatable bonds is 6. The van der Waals surface area contributed by atoms with Crippen molar-refractivity contribution in [3.05, 3.63) is 56.7 Å². The zero-order chi connectivity index (χ0) is 14.4. The Morgan fingerprint density at radius 1 is 1.25 bits per heavy atom. The average Bonchev–Trinajstić information content (AvgIpc) is 2.85. The van der Waals surface area contributed by atoms with Crippen molar-refractivity contribution in [3.63, 3.8) is 0 Å². The summed E-state index contributed by atoms with van der Waals surface area (Å²) in [5.74, 6) is -0.00884. The highest BCUT2D eigenvalue weighted by Crippen LogP contribution is 2.22. The molecule has 0 aliphatic rings. The van der Waals surface area contributed by atoms with Gasteiger partial charge in [-0.1, -0.05) is 30.3 Å². The molecule has 0 aliphatic heterocycles. The Morgan fingerprint density at radius 3 is 2.65 bits per heavy atom. The van der Waals surface area contributed by atoms with Crippen LogP contribution in [-0.4, -0.2) is 24.5 Å². The predicted octanol–water partition coefficient (Wildman–Crippen LogP) is 3.69. The fourth-order valence-corrected chi connectivity index (χ4v) is 3.24. The number of carbonyl (C=O) groups excluding carboxylic acids is 1. The SMILES string of the molecule is CN(Cc1ccc(Br)s1)C(=O)COCc1ccccc1. The van der Waals surface area contributed by atoms with E-state index in [1.807, 2.05) is 42.5 Å². The lowest BCUT2D eigenvalue weighted by molar-refractivity contribution is -0.135. The van der Waals surface area contributed by atoms with Crippen LogP contribution in [0.15, 0.2) is 46.3 Å². The molecule has 20 heavy (non-hydrogen) atoms. The van der Waals surface area contributed by atoms with Gasteiger partial charge in [0.05, 0.1) is 16.9 Å². The van der Waals surface area contributed by atoms with E-state index in [1.54, 1.807) is 23.3 Å². The Morgan fingerprint density at radius 2 is 2.00 bits per heavy atom. The van der Waals surface area contributed by atoms with Crippen LogP contribution in [-0.2, 0) is 22.7 Å². The molecular weight excluding hydrogens is 338 g/mol. The van der Waals surface area contributed by atoms with E-state index in [2.05, 4.69) is 15.9 Å². The zero-order valence-electron chi connectivity index (χ0n) is 11.2. The van der Waals surface area contributed by atoms with E-state index >= 15 is 0 Å². The van der Waals surface area contributed by atoms with Gasteiger partial charge in [-0.2, -0.15) is 0 Å². The van der Waals surface area contributed by atoms with Crippen LogP contribution >= 0.6 is 27.3 Å². The summed E-state index contributed by atoms with van der Waals surface area (Å²) >= 11 is 5.05. The summed E-state index contributed by atoms with van der Waals surface area (Å²) in [6.45, 7) is 1.19. The molecule has 0 N–H and O–H groups in total. The number of ether oxygens (including phenoxy) is 1. The van der Waals surface area contributed by atoms with E-state index in [9.17, 15) is 4.79 Å². The largest absolute Gasteiger partial charge is 0.367 e. The molecule has 0 bridgehead atoms. The van der Waals surface area contributed by atoms with Gasteiger partial charge in [0.25, 0.3) is 0 Å². The van der Waals surface area contributed by atoms with Gasteiger partial charge in [-0.3, -0.25) is 4.79 Å². The lowest BCUT2D eigenvalue weighted by Gasteiger charge is -2.16. The van der Waals surface area contributed by atoms with Gasteiger partial charge >= 0.3 is 0 Å². The zero-order valence-corrected chi connectivity index (χ0v) is 13.6. The highest BCUT2D eigenvalue weighted by molar-refractivity contribution is 9.11. The molecular formula is C15H16BrNO2S. The maximum absolute atomic E-state index is 11.9. The van der Waals surface area contributed by atoms with E-state index in [0.29, 0.717) is 13.2 Å². The quantitative estimate of drug-likeness (QED) is 0.792. The fraction of sp³-hybridized carbons (Fsp3) is 0.267. The molecule has 0 saturated carbocycles. The normalized spacial score (nSPS) is 10.5. The molecule has 1 heterocycles. The number of amides is 1. The molecule has 2 rings (SSSR count). The van der Waals surface area contributed by atoms with Crippen molar-refractivity contribution in [1.29, 1.82) is 0 Å². The summed E-state index contributed by atoms with van der Waals surface area (Å²) in [6.07, 6.45) is 0. The van der Waals surface area contributed by atoms with Gasteiger partial charge < -0.3 is 9.64 Å². The number of halogens is 1. The van der Waals surface area contributed by atoms with Crippen molar-refractivity contribution in [2.45, 2.75) is 13.2 Å². The lowest BCUT2D eigenvalue weighted by atomic mass is 10.2. The number of thiophene rings is 1. The first-order valence-corrected chi connectivity index (χ1v) is 7.86. The van der Waals surface area contributed by atoms with Crippen molar-refractivity contribution in [2.24, 2.45) is 0 Å². The second-order valence-electron chi connectivity index (χ2n) is 4.43. The molecule has 1 amide bonds. The maximum atomic E-state index is 11.9. The molecule has 0 atom stereocenters. The third kappa shape index (κ3) is 4.74. The standard InChI is InChI=1S/C15H16BrNO2S/c1-17(9-13-7-8-14(16)20-13)15(18)11-19-10-12-5-3-2-4-6-12/h2-8H,9-11H2,1H3. The summed E-state index contributed by atoms with van der Waals surface area (Å²) in [6, 6.07) is 13.9. The highest BCUT2D eigenvalue weighted by Gasteiger charge is 2.10. The van der Waals surface area contributed by atoms with Gasteiger partial charge in [-0.25, -0.2) is 0 Å². The predicted molar refractivity (Wildman–Crippen MR) is 84.6 cm³/mol. The number of hydrogen-bond donors (Lipinski definition) is 0. The first-order valence-electron chi connectivity index (χ1n) is 6.25. The van der Waals surface area contributed by atoms with Crippen LogP contribution < -0.4 is 0 Å². The highest BCUT2D eigenvalue weighted by atomic mass is 79.9. The first kappa shape index (κ1) is 15.2. The van der Waals surface area contributed by atoms with Crippen molar-refractivity contribution in [2.75, 3.05) is 13.7 Å². The van der Waals surface area contributed by atoms with Gasteiger partial charge in [0, 0.05) is 11.9 Å². The summed E-state index contributed by atoms with van der Waals surface area (Å²) in [7, 11) is 1.79. The third-order valence-corrected chi connectivity index (χ3v) is 4.39. The number of benzene rings is 1. The minimum atomic E-state index is -0.00884. The fourth-order valence-electron chi connectivity index (χ4n) is 1.70. The van der Waals surface area contributed by atoms with Crippen LogP contribution in [0, 0.1) is 0 Å². The number of hydrogen-bond acceptors (Lipinski definition) is 3. The van der Waals surface area contributed by atoms with Gasteiger partial charge in [0.1, 0.15) is 6.61 Å². The van der Waals surface area contributed by atoms with Crippen molar-refractivity contribution >= 4 is 33.2 Å². The van der Waals surface area contributed by atoms with Crippen LogP contribution in [0.1, 0.15) is 10.4 Å². The summed E-state index contributed by atoms with van der Waals surface area (Å²) in [5.41, 5.74) is 1.07. The molecule has 1 aromatic carbocycles.